The number of aliphatic carboxylic acids is 1. The fourth-order valence-electron chi connectivity index (χ4n) is 5.94. The number of methoxy groups -OCH3 is 1. The summed E-state index contributed by atoms with van der Waals surface area (Å²) >= 11 is 0. The largest absolute Gasteiger partial charge is 0.493 e. The van der Waals surface area contributed by atoms with E-state index in [1.807, 2.05) is 30.3 Å². The summed E-state index contributed by atoms with van der Waals surface area (Å²) in [5, 5.41) is 14.0. The molecule has 0 saturated carbocycles. The third-order valence-electron chi connectivity index (χ3n) is 7.59. The zero-order chi connectivity index (χ0) is 27.9. The van der Waals surface area contributed by atoms with Crippen molar-refractivity contribution in [3.8, 4) is 11.5 Å². The van der Waals surface area contributed by atoms with E-state index in [9.17, 15) is 19.5 Å². The Labute approximate surface area is 227 Å². The Morgan fingerprint density at radius 2 is 1.59 bits per heavy atom. The van der Waals surface area contributed by atoms with Crippen molar-refractivity contribution in [3.05, 3.63) is 95.6 Å². The first-order chi connectivity index (χ1) is 18.6. The molecule has 3 aromatic rings. The van der Waals surface area contributed by atoms with Crippen LogP contribution >= 0.6 is 0 Å². The van der Waals surface area contributed by atoms with Gasteiger partial charge < -0.3 is 14.6 Å². The van der Waals surface area contributed by atoms with Gasteiger partial charge in [-0.25, -0.2) is 4.79 Å². The van der Waals surface area contributed by atoms with Crippen LogP contribution in [0.5, 0.6) is 11.5 Å². The summed E-state index contributed by atoms with van der Waals surface area (Å²) in [6.45, 7) is 5.56. The molecular weight excluding hydrogens is 496 g/mol. The lowest BCUT2D eigenvalue weighted by atomic mass is 9.75. The van der Waals surface area contributed by atoms with Crippen LogP contribution in [0, 0.1) is 11.8 Å². The van der Waals surface area contributed by atoms with Gasteiger partial charge in [0.2, 0.25) is 11.8 Å². The summed E-state index contributed by atoms with van der Waals surface area (Å²) in [4.78, 5) is 42.4. The number of nitrogens with zero attached hydrogens (tertiary/aromatic N) is 1. The lowest BCUT2D eigenvalue weighted by Gasteiger charge is -2.35. The van der Waals surface area contributed by atoms with Crippen molar-refractivity contribution < 1.29 is 29.0 Å². The van der Waals surface area contributed by atoms with Crippen molar-refractivity contribution in [2.75, 3.05) is 7.11 Å². The molecule has 5 rings (SSSR count). The summed E-state index contributed by atoms with van der Waals surface area (Å²) in [6.07, 6.45) is 0. The third-order valence-corrected chi connectivity index (χ3v) is 7.59. The number of carboxylic acids is 1. The van der Waals surface area contributed by atoms with E-state index in [4.69, 9.17) is 9.47 Å². The molecule has 39 heavy (non-hydrogen) atoms. The van der Waals surface area contributed by atoms with Crippen LogP contribution in [0.1, 0.15) is 43.5 Å². The highest BCUT2D eigenvalue weighted by Crippen LogP contribution is 2.56. The molecule has 2 N–H and O–H groups in total. The topological polar surface area (TPSA) is 105 Å². The van der Waals surface area contributed by atoms with Crippen molar-refractivity contribution in [2.45, 2.75) is 44.5 Å². The summed E-state index contributed by atoms with van der Waals surface area (Å²) in [5.41, 5.74) is -0.770. The number of benzene rings is 3. The van der Waals surface area contributed by atoms with Crippen LogP contribution in [0.15, 0.2) is 78.9 Å². The van der Waals surface area contributed by atoms with Crippen LogP contribution in [-0.4, -0.2) is 40.4 Å². The van der Waals surface area contributed by atoms with Crippen molar-refractivity contribution in [1.29, 1.82) is 0 Å². The number of fused-ring (bicyclic) bond motifs is 1. The highest BCUT2D eigenvalue weighted by atomic mass is 16.5. The molecule has 2 amide bonds. The number of likely N-dealkylation sites (tertiary alicyclic amines) is 1. The van der Waals surface area contributed by atoms with E-state index in [1.54, 1.807) is 69.3 Å². The molecule has 4 unspecified atom stereocenters. The number of rotatable bonds is 7. The van der Waals surface area contributed by atoms with E-state index in [2.05, 4.69) is 5.32 Å². The van der Waals surface area contributed by atoms with E-state index in [0.717, 1.165) is 5.56 Å². The lowest BCUT2D eigenvalue weighted by molar-refractivity contribution is -0.154. The molecule has 0 radical (unpaired) electrons. The number of carboxylic acid groups (broad SMARTS) is 1. The van der Waals surface area contributed by atoms with Crippen LogP contribution in [0.4, 0.5) is 0 Å². The van der Waals surface area contributed by atoms with Gasteiger partial charge in [0.05, 0.1) is 18.9 Å². The smallest absolute Gasteiger partial charge is 0.329 e. The minimum atomic E-state index is -1.83. The number of ether oxygens (including phenoxy) is 2. The fourth-order valence-corrected chi connectivity index (χ4v) is 5.94. The average Bonchev–Trinajstić information content (AvgIpc) is 3.42. The van der Waals surface area contributed by atoms with Crippen LogP contribution in [0.3, 0.4) is 0 Å². The summed E-state index contributed by atoms with van der Waals surface area (Å²) in [5.74, 6) is -3.44. The number of hydrogen-bond donors (Lipinski definition) is 2. The van der Waals surface area contributed by atoms with Crippen LogP contribution in [0.2, 0.25) is 0 Å². The van der Waals surface area contributed by atoms with Gasteiger partial charge >= 0.3 is 5.97 Å². The van der Waals surface area contributed by atoms with Crippen LogP contribution < -0.4 is 14.8 Å². The van der Waals surface area contributed by atoms with Gasteiger partial charge in [0.25, 0.3) is 0 Å². The Hall–Kier alpha value is -4.17. The predicted molar refractivity (Wildman–Crippen MR) is 144 cm³/mol. The Morgan fingerprint density at radius 3 is 2.18 bits per heavy atom. The van der Waals surface area contributed by atoms with Crippen molar-refractivity contribution >= 4 is 17.8 Å². The van der Waals surface area contributed by atoms with Gasteiger partial charge in [-0.2, -0.15) is 0 Å². The quantitative estimate of drug-likeness (QED) is 0.441. The molecule has 3 aromatic carbocycles. The predicted octanol–water partition coefficient (Wildman–Crippen LogP) is 4.30. The molecule has 0 aliphatic carbocycles. The Balaban J connectivity index is 1.68. The van der Waals surface area contributed by atoms with Gasteiger partial charge in [0.1, 0.15) is 6.61 Å². The maximum atomic E-state index is 14.0. The van der Waals surface area contributed by atoms with Crippen molar-refractivity contribution in [3.63, 3.8) is 0 Å². The van der Waals surface area contributed by atoms with E-state index in [0.29, 0.717) is 22.6 Å². The second-order valence-corrected chi connectivity index (χ2v) is 10.9. The maximum Gasteiger partial charge on any atom is 0.329 e. The van der Waals surface area contributed by atoms with Crippen molar-refractivity contribution in [1.82, 2.24) is 10.2 Å². The lowest BCUT2D eigenvalue weighted by Crippen LogP contribution is -2.55. The molecule has 0 bridgehead atoms. The molecule has 8 heteroatoms. The molecule has 2 saturated heterocycles. The van der Waals surface area contributed by atoms with Gasteiger partial charge in [-0.1, -0.05) is 72.8 Å². The first kappa shape index (κ1) is 26.4. The van der Waals surface area contributed by atoms with E-state index < -0.39 is 46.7 Å². The van der Waals surface area contributed by atoms with Gasteiger partial charge in [-0.05, 0) is 38.0 Å². The van der Waals surface area contributed by atoms with Gasteiger partial charge in [0.15, 0.2) is 17.0 Å². The van der Waals surface area contributed by atoms with E-state index >= 15 is 0 Å². The number of hydrogen-bond acceptors (Lipinski definition) is 6. The van der Waals surface area contributed by atoms with Gasteiger partial charge in [-0.15, -0.1) is 0 Å². The first-order valence-electron chi connectivity index (χ1n) is 12.9. The highest BCUT2D eigenvalue weighted by Gasteiger charge is 2.70. The Morgan fingerprint density at radius 1 is 0.949 bits per heavy atom. The minimum Gasteiger partial charge on any atom is -0.493 e. The maximum absolute atomic E-state index is 14.0. The minimum absolute atomic E-state index is 0.235. The third kappa shape index (κ3) is 4.25. The molecule has 2 aliphatic rings. The van der Waals surface area contributed by atoms with Gasteiger partial charge in [-0.3, -0.25) is 19.8 Å². The van der Waals surface area contributed by atoms with Crippen LogP contribution in [0.25, 0.3) is 0 Å². The second-order valence-electron chi connectivity index (χ2n) is 10.9. The normalized spacial score (nSPS) is 24.5. The highest BCUT2D eigenvalue weighted by molar-refractivity contribution is 6.10. The number of para-hydroxylation sites is 1. The van der Waals surface area contributed by atoms with Crippen LogP contribution in [-0.2, 0) is 26.5 Å². The summed E-state index contributed by atoms with van der Waals surface area (Å²) < 4.78 is 11.9. The molecular formula is C31H32N2O6. The average molecular weight is 529 g/mol. The molecule has 2 aliphatic heterocycles. The number of amides is 2. The zero-order valence-electron chi connectivity index (χ0n) is 22.4. The number of nitrogens with one attached hydrogen (secondary N) is 1. The molecule has 0 spiro atoms. The number of imide groups is 1. The second kappa shape index (κ2) is 9.85. The number of carbonyl (C=O) groups excluding carboxylic acids is 2. The summed E-state index contributed by atoms with van der Waals surface area (Å²) in [7, 11) is 1.52. The van der Waals surface area contributed by atoms with E-state index in [-0.39, 0.29) is 6.61 Å². The van der Waals surface area contributed by atoms with Gasteiger partial charge in [0, 0.05) is 17.1 Å². The molecule has 2 heterocycles. The van der Waals surface area contributed by atoms with Crippen molar-refractivity contribution in [2.24, 2.45) is 11.8 Å². The molecule has 8 nitrogen and oxygen atoms in total. The van der Waals surface area contributed by atoms with E-state index in [1.165, 1.54) is 12.0 Å². The summed E-state index contributed by atoms with van der Waals surface area (Å²) in [6, 6.07) is 22.7. The Bertz CT molecular complexity index is 1400. The fraction of sp³-hybridized carbons (Fsp3) is 0.323. The molecule has 0 aromatic heterocycles. The molecule has 2 fully saturated rings. The standard InChI is InChI=1S/C31H32N2O6/c1-30(2,3)33-27(34)23-24(28(33)35)31(29(36)37,20-14-9-6-10-15-20)32-25(23)21-16-11-17-22(38-4)26(21)39-18-19-12-7-5-8-13-19/h5-17,23-25,32H,18H2,1-4H3,(H,36,37). The monoisotopic (exact) mass is 528 g/mol. The zero-order valence-corrected chi connectivity index (χ0v) is 22.4. The molecule has 202 valence electrons. The molecule has 4 atom stereocenters. The Kier molecular flexibility index (Phi) is 6.68. The first-order valence-corrected chi connectivity index (χ1v) is 12.9. The SMILES string of the molecule is COc1cccc(C2NC(C(=O)O)(c3ccccc3)C3C(=O)N(C(C)(C)C)C(=O)C23)c1OCc1ccccc1. The number of carbonyl (C=O) groups is 3.